The Bertz CT molecular complexity index is 625. The molecule has 0 fully saturated rings. The van der Waals surface area contributed by atoms with Gasteiger partial charge in [0.2, 0.25) is 5.76 Å². The summed E-state index contributed by atoms with van der Waals surface area (Å²) < 4.78 is 14.8. The smallest absolute Gasteiger partial charge is 0.377 e. The number of Topliss-reactive ketones (excluding diaryl/α,β-unsaturated/α-hetero) is 1. The van der Waals surface area contributed by atoms with E-state index in [1.54, 1.807) is 0 Å². The molecule has 1 N–H and O–H groups in total. The van der Waals surface area contributed by atoms with E-state index >= 15 is 0 Å². The minimum Gasteiger partial charge on any atom is -0.493 e. The third kappa shape index (κ3) is 5.42. The highest BCUT2D eigenvalue weighted by molar-refractivity contribution is 5.91. The summed E-state index contributed by atoms with van der Waals surface area (Å²) >= 11 is 0. The van der Waals surface area contributed by atoms with E-state index in [0.29, 0.717) is 13.0 Å². The molecule has 24 heavy (non-hydrogen) atoms. The lowest BCUT2D eigenvalue weighted by Crippen LogP contribution is -2.43. The van der Waals surface area contributed by atoms with Crippen LogP contribution in [0, 0.1) is 0 Å². The SMILES string of the molecule is CC(=O)[C@H](Cc1ccccc1)NC(=O)COC(=O)C1=COCCO1. The lowest BCUT2D eigenvalue weighted by molar-refractivity contribution is -0.149. The first-order valence-corrected chi connectivity index (χ1v) is 7.51. The first kappa shape index (κ1) is 17.5. The van der Waals surface area contributed by atoms with Gasteiger partial charge in [-0.05, 0) is 18.9 Å². The number of hydrogen-bond acceptors (Lipinski definition) is 6. The largest absolute Gasteiger partial charge is 0.493 e. The zero-order valence-corrected chi connectivity index (χ0v) is 13.3. The molecule has 1 aromatic carbocycles. The van der Waals surface area contributed by atoms with Crippen molar-refractivity contribution >= 4 is 17.7 Å². The molecule has 1 amide bonds. The zero-order valence-electron chi connectivity index (χ0n) is 13.3. The molecule has 0 bridgehead atoms. The van der Waals surface area contributed by atoms with Crippen LogP contribution in [0.3, 0.4) is 0 Å². The Balaban J connectivity index is 1.83. The summed E-state index contributed by atoms with van der Waals surface area (Å²) in [7, 11) is 0. The summed E-state index contributed by atoms with van der Waals surface area (Å²) in [5.41, 5.74) is 0.924. The monoisotopic (exact) mass is 333 g/mol. The molecule has 0 saturated heterocycles. The van der Waals surface area contributed by atoms with Gasteiger partial charge in [0.1, 0.15) is 19.5 Å². The number of rotatable bonds is 7. The number of amides is 1. The van der Waals surface area contributed by atoms with E-state index in [4.69, 9.17) is 14.2 Å². The van der Waals surface area contributed by atoms with Crippen molar-refractivity contribution in [3.8, 4) is 0 Å². The van der Waals surface area contributed by atoms with Gasteiger partial charge in [-0.3, -0.25) is 9.59 Å². The second-order valence-electron chi connectivity index (χ2n) is 5.20. The van der Waals surface area contributed by atoms with Gasteiger partial charge in [0.25, 0.3) is 5.91 Å². The molecule has 0 saturated carbocycles. The van der Waals surface area contributed by atoms with Gasteiger partial charge in [0, 0.05) is 0 Å². The second-order valence-corrected chi connectivity index (χ2v) is 5.20. The fourth-order valence-electron chi connectivity index (χ4n) is 2.06. The molecule has 1 aliphatic heterocycles. The molecular weight excluding hydrogens is 314 g/mol. The third-order valence-corrected chi connectivity index (χ3v) is 3.29. The summed E-state index contributed by atoms with van der Waals surface area (Å²) in [4.78, 5) is 35.3. The van der Waals surface area contributed by atoms with E-state index in [-0.39, 0.29) is 18.1 Å². The number of hydrogen-bond donors (Lipinski definition) is 1. The number of benzene rings is 1. The summed E-state index contributed by atoms with van der Waals surface area (Å²) in [5.74, 6) is -1.60. The normalized spacial score (nSPS) is 14.5. The van der Waals surface area contributed by atoms with Crippen LogP contribution in [0.1, 0.15) is 12.5 Å². The molecule has 1 heterocycles. The third-order valence-electron chi connectivity index (χ3n) is 3.29. The van der Waals surface area contributed by atoms with E-state index in [1.807, 2.05) is 30.3 Å². The molecule has 1 atom stereocenters. The van der Waals surface area contributed by atoms with Crippen LogP contribution in [0.5, 0.6) is 0 Å². The van der Waals surface area contributed by atoms with E-state index in [9.17, 15) is 14.4 Å². The van der Waals surface area contributed by atoms with Gasteiger partial charge < -0.3 is 19.5 Å². The van der Waals surface area contributed by atoms with Gasteiger partial charge in [-0.25, -0.2) is 4.79 Å². The van der Waals surface area contributed by atoms with Crippen LogP contribution >= 0.6 is 0 Å². The lowest BCUT2D eigenvalue weighted by atomic mass is 10.0. The standard InChI is InChI=1S/C17H19NO6/c1-12(19)14(9-13-5-3-2-4-6-13)18-16(20)11-24-17(21)15-10-22-7-8-23-15/h2-6,10,14H,7-9,11H2,1H3,(H,18,20)/t14-/m0/s1. The molecule has 1 aromatic rings. The minimum absolute atomic E-state index is 0.0820. The van der Waals surface area contributed by atoms with Crippen molar-refractivity contribution < 1.29 is 28.6 Å². The number of nitrogens with one attached hydrogen (secondary N) is 1. The molecule has 2 rings (SSSR count). The van der Waals surface area contributed by atoms with Crippen molar-refractivity contribution in [1.29, 1.82) is 0 Å². The lowest BCUT2D eigenvalue weighted by Gasteiger charge is -2.17. The highest BCUT2D eigenvalue weighted by atomic mass is 16.6. The Hall–Kier alpha value is -2.83. The Morgan fingerprint density at radius 2 is 1.96 bits per heavy atom. The Morgan fingerprint density at radius 1 is 1.21 bits per heavy atom. The first-order chi connectivity index (χ1) is 11.6. The molecule has 0 spiro atoms. The zero-order chi connectivity index (χ0) is 17.4. The summed E-state index contributed by atoms with van der Waals surface area (Å²) in [6, 6.07) is 8.65. The topological polar surface area (TPSA) is 90.9 Å². The summed E-state index contributed by atoms with van der Waals surface area (Å²) in [5, 5.41) is 2.57. The average molecular weight is 333 g/mol. The minimum atomic E-state index is -0.785. The molecule has 128 valence electrons. The Kier molecular flexibility index (Phi) is 6.36. The maximum atomic E-state index is 11.9. The van der Waals surface area contributed by atoms with Crippen molar-refractivity contribution in [2.24, 2.45) is 0 Å². The molecule has 1 aliphatic rings. The fourth-order valence-corrected chi connectivity index (χ4v) is 2.06. The predicted octanol–water partition coefficient (Wildman–Crippen LogP) is 0.734. The molecule has 0 unspecified atom stereocenters. The van der Waals surface area contributed by atoms with Crippen LogP contribution in [-0.4, -0.2) is 43.5 Å². The molecule has 0 radical (unpaired) electrons. The molecule has 7 heteroatoms. The van der Waals surface area contributed by atoms with E-state index < -0.39 is 24.5 Å². The maximum absolute atomic E-state index is 11.9. The molecular formula is C17H19NO6. The van der Waals surface area contributed by atoms with Crippen molar-refractivity contribution in [3.05, 3.63) is 47.9 Å². The highest BCUT2D eigenvalue weighted by Gasteiger charge is 2.21. The summed E-state index contributed by atoms with van der Waals surface area (Å²) in [6.45, 7) is 1.50. The van der Waals surface area contributed by atoms with E-state index in [0.717, 1.165) is 11.8 Å². The molecule has 0 aromatic heterocycles. The van der Waals surface area contributed by atoms with Gasteiger partial charge in [-0.1, -0.05) is 30.3 Å². The van der Waals surface area contributed by atoms with E-state index in [1.165, 1.54) is 6.92 Å². The van der Waals surface area contributed by atoms with Crippen molar-refractivity contribution in [3.63, 3.8) is 0 Å². The van der Waals surface area contributed by atoms with Crippen LogP contribution in [0.2, 0.25) is 0 Å². The number of carbonyl (C=O) groups excluding carboxylic acids is 3. The highest BCUT2D eigenvalue weighted by Crippen LogP contribution is 2.07. The van der Waals surface area contributed by atoms with Crippen molar-refractivity contribution in [1.82, 2.24) is 5.32 Å². The van der Waals surface area contributed by atoms with Crippen molar-refractivity contribution in [2.75, 3.05) is 19.8 Å². The van der Waals surface area contributed by atoms with Crippen LogP contribution in [0.25, 0.3) is 0 Å². The van der Waals surface area contributed by atoms with Gasteiger partial charge in [-0.2, -0.15) is 0 Å². The first-order valence-electron chi connectivity index (χ1n) is 7.51. The van der Waals surface area contributed by atoms with Crippen LogP contribution in [0.15, 0.2) is 42.4 Å². The Morgan fingerprint density at radius 3 is 2.58 bits per heavy atom. The molecule has 7 nitrogen and oxygen atoms in total. The predicted molar refractivity (Wildman–Crippen MR) is 83.7 cm³/mol. The summed E-state index contributed by atoms with van der Waals surface area (Å²) in [6.07, 6.45) is 1.52. The quantitative estimate of drug-likeness (QED) is 0.740. The number of carbonyl (C=O) groups is 3. The number of ether oxygens (including phenoxy) is 3. The van der Waals surface area contributed by atoms with Crippen LogP contribution in [-0.2, 0) is 35.0 Å². The maximum Gasteiger partial charge on any atom is 0.377 e. The van der Waals surface area contributed by atoms with Gasteiger partial charge in [0.15, 0.2) is 12.4 Å². The fraction of sp³-hybridized carbons (Fsp3) is 0.353. The number of ketones is 1. The number of esters is 1. The van der Waals surface area contributed by atoms with Crippen LogP contribution in [0.4, 0.5) is 0 Å². The van der Waals surface area contributed by atoms with Crippen molar-refractivity contribution in [2.45, 2.75) is 19.4 Å². The molecule has 0 aliphatic carbocycles. The van der Waals surface area contributed by atoms with Gasteiger partial charge >= 0.3 is 5.97 Å². The van der Waals surface area contributed by atoms with E-state index in [2.05, 4.69) is 5.32 Å². The average Bonchev–Trinajstić information content (AvgIpc) is 2.60. The second kappa shape index (κ2) is 8.71. The van der Waals surface area contributed by atoms with Crippen LogP contribution < -0.4 is 5.32 Å². The Labute approximate surface area is 139 Å². The van der Waals surface area contributed by atoms with Gasteiger partial charge in [-0.15, -0.1) is 0 Å². The van der Waals surface area contributed by atoms with Gasteiger partial charge in [0.05, 0.1) is 6.04 Å².